The molecule has 5 aromatic rings. The summed E-state index contributed by atoms with van der Waals surface area (Å²) in [6, 6.07) is 37.4. The van der Waals surface area contributed by atoms with Crippen molar-refractivity contribution in [1.82, 2.24) is 10.6 Å². The summed E-state index contributed by atoms with van der Waals surface area (Å²) in [4.78, 5) is 40.0. The summed E-state index contributed by atoms with van der Waals surface area (Å²) >= 11 is 0. The lowest BCUT2D eigenvalue weighted by atomic mass is 9.78. The Morgan fingerprint density at radius 2 is 1.33 bits per heavy atom. The predicted octanol–water partition coefficient (Wildman–Crippen LogP) is 6.98. The van der Waals surface area contributed by atoms with Crippen LogP contribution in [0.1, 0.15) is 52.8 Å². The van der Waals surface area contributed by atoms with E-state index in [1.165, 1.54) is 0 Å². The van der Waals surface area contributed by atoms with Crippen molar-refractivity contribution >= 4 is 28.7 Å². The molecule has 46 heavy (non-hydrogen) atoms. The topological polar surface area (TPSA) is 105 Å². The number of amides is 2. The van der Waals surface area contributed by atoms with Crippen molar-refractivity contribution in [1.29, 1.82) is 0 Å². The maximum atomic E-state index is 13.9. The molecule has 1 aliphatic heterocycles. The first-order valence-corrected chi connectivity index (χ1v) is 15.7. The van der Waals surface area contributed by atoms with Crippen molar-refractivity contribution in [3.63, 3.8) is 0 Å². The minimum absolute atomic E-state index is 0.103. The number of carboxylic acids is 1. The number of hydrogen-bond acceptors (Lipinski definition) is 4. The second-order valence-electron chi connectivity index (χ2n) is 12.1. The SMILES string of the molecule is O=C(NC1C(=O)NC(C(=O)O)C(c2ccc3ccccc3c2)CCC1c1ccccc1)OCC1c2ccccc2-c2ccccc21. The van der Waals surface area contributed by atoms with E-state index in [1.54, 1.807) is 0 Å². The highest BCUT2D eigenvalue weighted by Crippen LogP contribution is 2.44. The number of aliphatic carboxylic acids is 1. The highest BCUT2D eigenvalue weighted by molar-refractivity contribution is 5.91. The number of nitrogens with one attached hydrogen (secondary N) is 2. The van der Waals surface area contributed by atoms with Crippen LogP contribution in [0.4, 0.5) is 4.79 Å². The van der Waals surface area contributed by atoms with Gasteiger partial charge in [-0.1, -0.05) is 121 Å². The van der Waals surface area contributed by atoms with Gasteiger partial charge in [0.15, 0.2) is 0 Å². The molecule has 5 aromatic carbocycles. The molecule has 0 bridgehead atoms. The van der Waals surface area contributed by atoms with Gasteiger partial charge >= 0.3 is 12.1 Å². The Morgan fingerprint density at radius 1 is 0.717 bits per heavy atom. The fraction of sp³-hybridized carbons (Fsp3) is 0.205. The highest BCUT2D eigenvalue weighted by Gasteiger charge is 2.41. The van der Waals surface area contributed by atoms with E-state index in [4.69, 9.17) is 4.74 Å². The Labute approximate surface area is 267 Å². The standard InChI is InChI=1S/C39H34N2O5/c42-37-35(41-39(45)46-23-34-32-16-8-6-14-30(32)31-15-7-9-17-33(31)34)28(25-11-2-1-3-12-25)20-21-29(36(40-37)38(43)44)27-19-18-24-10-4-5-13-26(24)22-27/h1-19,22,28-29,34-36H,20-21,23H2,(H,40,42)(H,41,45)(H,43,44). The van der Waals surface area contributed by atoms with Crippen molar-refractivity contribution in [2.75, 3.05) is 6.61 Å². The lowest BCUT2D eigenvalue weighted by Gasteiger charge is -2.35. The van der Waals surface area contributed by atoms with E-state index in [1.807, 2.05) is 109 Å². The number of fused-ring (bicyclic) bond motifs is 4. The minimum atomic E-state index is -1.17. The van der Waals surface area contributed by atoms with E-state index in [0.29, 0.717) is 12.8 Å². The molecule has 0 spiro atoms. The number of carboxylic acid groups (broad SMARTS) is 1. The van der Waals surface area contributed by atoms with Crippen molar-refractivity contribution in [3.05, 3.63) is 144 Å². The number of benzene rings is 5. The van der Waals surface area contributed by atoms with Gasteiger partial charge in [0.05, 0.1) is 0 Å². The van der Waals surface area contributed by atoms with Crippen LogP contribution in [0.2, 0.25) is 0 Å². The first-order chi connectivity index (χ1) is 22.5. The maximum Gasteiger partial charge on any atom is 0.407 e. The average molecular weight is 611 g/mol. The Morgan fingerprint density at radius 3 is 2.02 bits per heavy atom. The van der Waals surface area contributed by atoms with Gasteiger partial charge < -0.3 is 20.5 Å². The summed E-state index contributed by atoms with van der Waals surface area (Å²) < 4.78 is 5.81. The van der Waals surface area contributed by atoms with Gasteiger partial charge in [-0.25, -0.2) is 9.59 Å². The van der Waals surface area contributed by atoms with Crippen molar-refractivity contribution < 1.29 is 24.2 Å². The van der Waals surface area contributed by atoms with Gasteiger partial charge in [-0.3, -0.25) is 4.79 Å². The summed E-state index contributed by atoms with van der Waals surface area (Å²) in [6.07, 6.45) is 0.242. The molecular formula is C39H34N2O5. The van der Waals surface area contributed by atoms with Crippen molar-refractivity contribution in [3.8, 4) is 11.1 Å². The smallest absolute Gasteiger partial charge is 0.407 e. The molecule has 0 saturated carbocycles. The Balaban J connectivity index is 1.14. The minimum Gasteiger partial charge on any atom is -0.480 e. The van der Waals surface area contributed by atoms with Crippen LogP contribution in [0, 0.1) is 0 Å². The third kappa shape index (κ3) is 5.60. The molecule has 3 N–H and O–H groups in total. The first kappa shape index (κ1) is 29.3. The van der Waals surface area contributed by atoms with Crippen LogP contribution in [0.3, 0.4) is 0 Å². The third-order valence-corrected chi connectivity index (χ3v) is 9.49. The maximum absolute atomic E-state index is 13.9. The third-order valence-electron chi connectivity index (χ3n) is 9.49. The number of carbonyl (C=O) groups is 3. The van der Waals surface area contributed by atoms with Crippen molar-refractivity contribution in [2.24, 2.45) is 0 Å². The summed E-state index contributed by atoms with van der Waals surface area (Å²) in [6.45, 7) is 0.103. The average Bonchev–Trinajstić information content (AvgIpc) is 3.40. The van der Waals surface area contributed by atoms with Gasteiger partial charge in [-0.2, -0.15) is 0 Å². The molecule has 2 aliphatic rings. The molecule has 1 heterocycles. The molecule has 7 nitrogen and oxygen atoms in total. The molecule has 230 valence electrons. The second-order valence-corrected chi connectivity index (χ2v) is 12.1. The fourth-order valence-corrected chi connectivity index (χ4v) is 7.24. The number of hydrogen-bond donors (Lipinski definition) is 3. The van der Waals surface area contributed by atoms with E-state index in [0.717, 1.165) is 44.2 Å². The second kappa shape index (κ2) is 12.5. The molecule has 0 aromatic heterocycles. The predicted molar refractivity (Wildman–Crippen MR) is 177 cm³/mol. The van der Waals surface area contributed by atoms with Crippen LogP contribution in [-0.2, 0) is 14.3 Å². The van der Waals surface area contributed by atoms with E-state index < -0.39 is 41.9 Å². The van der Waals surface area contributed by atoms with Gasteiger partial charge in [-0.15, -0.1) is 0 Å². The van der Waals surface area contributed by atoms with Crippen LogP contribution in [0.15, 0.2) is 121 Å². The van der Waals surface area contributed by atoms with Gasteiger partial charge in [0.2, 0.25) is 5.91 Å². The Bertz CT molecular complexity index is 1880. The monoisotopic (exact) mass is 610 g/mol. The van der Waals surface area contributed by atoms with Gasteiger partial charge in [0.25, 0.3) is 0 Å². The van der Waals surface area contributed by atoms with Crippen LogP contribution in [-0.4, -0.2) is 41.8 Å². The zero-order valence-electron chi connectivity index (χ0n) is 25.1. The highest BCUT2D eigenvalue weighted by atomic mass is 16.5. The van der Waals surface area contributed by atoms with Gasteiger partial charge in [-0.05, 0) is 57.0 Å². The molecule has 0 radical (unpaired) electrons. The fourth-order valence-electron chi connectivity index (χ4n) is 7.24. The summed E-state index contributed by atoms with van der Waals surface area (Å²) in [5.41, 5.74) is 6.15. The number of carbonyl (C=O) groups excluding carboxylic acids is 2. The molecule has 2 amide bonds. The first-order valence-electron chi connectivity index (χ1n) is 15.7. The van der Waals surface area contributed by atoms with Gasteiger partial charge in [0, 0.05) is 17.8 Å². The largest absolute Gasteiger partial charge is 0.480 e. The summed E-state index contributed by atoms with van der Waals surface area (Å²) in [7, 11) is 0. The zero-order chi connectivity index (χ0) is 31.6. The summed E-state index contributed by atoms with van der Waals surface area (Å²) in [5, 5.41) is 18.0. The normalized spacial score (nSPS) is 20.9. The summed E-state index contributed by atoms with van der Waals surface area (Å²) in [5.74, 6) is -2.68. The van der Waals surface area contributed by atoms with Crippen LogP contribution >= 0.6 is 0 Å². The lowest BCUT2D eigenvalue weighted by Crippen LogP contribution is -2.57. The van der Waals surface area contributed by atoms with Crippen molar-refractivity contribution in [2.45, 2.75) is 42.7 Å². The molecule has 7 rings (SSSR count). The van der Waals surface area contributed by atoms with E-state index >= 15 is 0 Å². The van der Waals surface area contributed by atoms with E-state index in [9.17, 15) is 19.5 Å². The van der Waals surface area contributed by atoms with E-state index in [2.05, 4.69) is 22.8 Å². The molecule has 4 atom stereocenters. The molecule has 4 unspecified atom stereocenters. The van der Waals surface area contributed by atoms with Crippen LogP contribution < -0.4 is 10.6 Å². The number of rotatable bonds is 6. The Hall–Kier alpha value is -5.43. The molecule has 1 saturated heterocycles. The zero-order valence-corrected chi connectivity index (χ0v) is 25.1. The van der Waals surface area contributed by atoms with Crippen LogP contribution in [0.5, 0.6) is 0 Å². The number of ether oxygens (including phenoxy) is 1. The van der Waals surface area contributed by atoms with Crippen LogP contribution in [0.25, 0.3) is 21.9 Å². The number of alkyl carbamates (subject to hydrolysis) is 1. The van der Waals surface area contributed by atoms with E-state index in [-0.39, 0.29) is 12.5 Å². The van der Waals surface area contributed by atoms with Gasteiger partial charge in [0.1, 0.15) is 18.7 Å². The quantitative estimate of drug-likeness (QED) is 0.193. The lowest BCUT2D eigenvalue weighted by molar-refractivity contribution is -0.143. The molecular weight excluding hydrogens is 576 g/mol. The molecule has 1 aliphatic carbocycles. The molecule has 1 fully saturated rings. The Kier molecular flexibility index (Phi) is 7.97. The molecule has 7 heteroatoms.